The van der Waals surface area contributed by atoms with E-state index in [0.717, 1.165) is 0 Å². The van der Waals surface area contributed by atoms with Gasteiger partial charge in [-0.05, 0) is 11.1 Å². The first-order chi connectivity index (χ1) is 20.0. The van der Waals surface area contributed by atoms with Gasteiger partial charge in [-0.1, -0.05) is 60.7 Å². The van der Waals surface area contributed by atoms with E-state index in [-0.39, 0.29) is 156 Å². The van der Waals surface area contributed by atoms with Crippen LogP contribution >= 0.6 is 24.6 Å². The first kappa shape index (κ1) is 52.8. The molecule has 2 aromatic carbocycles. The van der Waals surface area contributed by atoms with E-state index in [4.69, 9.17) is 17.8 Å². The van der Waals surface area contributed by atoms with Crippen LogP contribution in [-0.4, -0.2) is 63.6 Å². The zero-order valence-electron chi connectivity index (χ0n) is 24.9. The number of hydrogen-bond acceptors (Lipinski definition) is 20. The van der Waals surface area contributed by atoms with Gasteiger partial charge in [0.2, 0.25) is 20.8 Å². The number of hydrogen-bond donors (Lipinski definition) is 0. The minimum atomic E-state index is -5.63. The molecule has 238 valence electrons. The zero-order chi connectivity index (χ0) is 30.8. The van der Waals surface area contributed by atoms with Crippen molar-refractivity contribution >= 4 is 45.4 Å². The Morgan fingerprint density at radius 3 is 1.52 bits per heavy atom. The minimum Gasteiger partial charge on any atom is -0.726 e. The molecule has 26 heteroatoms. The van der Waals surface area contributed by atoms with E-state index in [1.54, 1.807) is 60.7 Å². The Labute approximate surface area is 362 Å². The van der Waals surface area contributed by atoms with Crippen LogP contribution in [0.4, 0.5) is 0 Å². The summed E-state index contributed by atoms with van der Waals surface area (Å²) < 4.78 is 108. The normalized spacial score (nSPS) is 13.9. The van der Waals surface area contributed by atoms with Gasteiger partial charge in [-0.15, -0.1) is 8.67 Å². The maximum atomic E-state index is 11.8. The molecule has 0 saturated heterocycles. The summed E-state index contributed by atoms with van der Waals surface area (Å²) in [6.45, 7) is -2.38. The van der Waals surface area contributed by atoms with Crippen LogP contribution in [-0.2, 0) is 79.0 Å². The molecule has 0 aliphatic carbocycles. The summed E-state index contributed by atoms with van der Waals surface area (Å²) in [6, 6.07) is 16.5. The van der Waals surface area contributed by atoms with Crippen LogP contribution in [0.5, 0.6) is 0 Å². The van der Waals surface area contributed by atoms with Crippen molar-refractivity contribution in [3.8, 4) is 0 Å². The Bertz CT molecular complexity index is 1220. The Kier molecular flexibility index (Phi) is 34.5. The molecule has 0 heterocycles. The molecular weight excluding hydrogens is 748 g/mol. The van der Waals surface area contributed by atoms with Crippen LogP contribution in [0, 0.1) is 0 Å². The predicted molar refractivity (Wildman–Crippen MR) is 131 cm³/mol. The summed E-state index contributed by atoms with van der Waals surface area (Å²) in [4.78, 5) is 0. The van der Waals surface area contributed by atoms with Crippen LogP contribution in [0.25, 0.3) is 0 Å². The summed E-state index contributed by atoms with van der Waals surface area (Å²) >= 11 is -0.148. The Balaban J connectivity index is -0.00000462. The third-order valence-corrected chi connectivity index (χ3v) is 6.46. The van der Waals surface area contributed by atoms with Crippen molar-refractivity contribution in [2.75, 3.05) is 13.2 Å². The summed E-state index contributed by atoms with van der Waals surface area (Å²) in [5, 5.41) is 26.8. The second kappa shape index (κ2) is 30.0. The predicted octanol–water partition coefficient (Wildman–Crippen LogP) is -12.5. The average Bonchev–Trinajstić information content (AvgIpc) is 2.94. The molecule has 46 heavy (non-hydrogen) atoms. The van der Waals surface area contributed by atoms with E-state index in [2.05, 4.69) is 27.1 Å². The van der Waals surface area contributed by atoms with Crippen molar-refractivity contribution in [1.29, 1.82) is 0 Å². The van der Waals surface area contributed by atoms with Gasteiger partial charge in [0.1, 0.15) is 24.4 Å². The SMILES string of the molecule is O=S(=O)([O-])OCC(OCc1ccccc1)C(OS(=O)(=O)[O-])C(OSOO[O-])C(COSOO[O-])OCc1ccccc1.[Na+].[Na+].[Na+].[Na+]. The second-order valence-electron chi connectivity index (χ2n) is 7.59. The zero-order valence-corrected chi connectivity index (χ0v) is 36.2. The summed E-state index contributed by atoms with van der Waals surface area (Å²) in [5.74, 6) is 0. The van der Waals surface area contributed by atoms with Crippen LogP contribution < -0.4 is 129 Å². The van der Waals surface area contributed by atoms with Crippen molar-refractivity contribution in [1.82, 2.24) is 0 Å². The molecule has 0 spiro atoms. The molecule has 0 aromatic heterocycles. The van der Waals surface area contributed by atoms with E-state index < -0.39 is 58.4 Å². The van der Waals surface area contributed by atoms with E-state index in [1.807, 2.05) is 0 Å². The quantitative estimate of drug-likeness (QED) is 0.0193. The Morgan fingerprint density at radius 2 is 1.09 bits per heavy atom. The molecule has 2 aromatic rings. The topological polar surface area (TPSA) is 253 Å². The first-order valence-electron chi connectivity index (χ1n) is 11.1. The average molecular weight is 771 g/mol. The van der Waals surface area contributed by atoms with Gasteiger partial charge in [0.05, 0.1) is 26.4 Å². The van der Waals surface area contributed by atoms with Gasteiger partial charge in [0.25, 0.3) is 0 Å². The molecule has 0 fully saturated rings. The van der Waals surface area contributed by atoms with Gasteiger partial charge in [0.15, 0.2) is 24.6 Å². The van der Waals surface area contributed by atoms with Crippen molar-refractivity contribution < 1.29 is 200 Å². The smallest absolute Gasteiger partial charge is 0.726 e. The number of rotatable bonds is 23. The second-order valence-corrected chi connectivity index (χ2v) is 10.6. The third-order valence-electron chi connectivity index (χ3n) is 4.82. The third kappa shape index (κ3) is 24.6. The van der Waals surface area contributed by atoms with Gasteiger partial charge in [0, 0.05) is 0 Å². The van der Waals surface area contributed by atoms with E-state index in [9.17, 15) is 36.5 Å². The molecule has 18 nitrogen and oxygen atoms in total. The van der Waals surface area contributed by atoms with Crippen LogP contribution in [0.1, 0.15) is 11.1 Å². The molecule has 0 aliphatic rings. The van der Waals surface area contributed by atoms with Crippen LogP contribution in [0.2, 0.25) is 0 Å². The molecule has 0 amide bonds. The van der Waals surface area contributed by atoms with Crippen molar-refractivity contribution in [2.24, 2.45) is 0 Å². The fourth-order valence-corrected chi connectivity index (χ4v) is 4.61. The minimum absolute atomic E-state index is 0. The van der Waals surface area contributed by atoms with Gasteiger partial charge >= 0.3 is 118 Å². The summed E-state index contributed by atoms with van der Waals surface area (Å²) in [6.07, 6.45) is -7.45. The van der Waals surface area contributed by atoms with Crippen molar-refractivity contribution in [3.63, 3.8) is 0 Å². The van der Waals surface area contributed by atoms with Gasteiger partial charge < -0.3 is 29.1 Å². The molecule has 4 atom stereocenters. The van der Waals surface area contributed by atoms with Gasteiger partial charge in [-0.2, -0.15) is 0 Å². The van der Waals surface area contributed by atoms with E-state index >= 15 is 0 Å². The summed E-state index contributed by atoms with van der Waals surface area (Å²) in [7, 11) is -11.0. The van der Waals surface area contributed by atoms with Crippen LogP contribution in [0.3, 0.4) is 0 Å². The Hall–Kier alpha value is 2.48. The largest absolute Gasteiger partial charge is 1.00 e. The summed E-state index contributed by atoms with van der Waals surface area (Å²) in [5.41, 5.74) is 1.06. The molecule has 0 saturated carbocycles. The number of ether oxygens (including phenoxy) is 2. The molecule has 4 unspecified atom stereocenters. The fourth-order valence-electron chi connectivity index (χ4n) is 3.17. The fraction of sp³-hybridized carbons (Fsp3) is 0.400. The van der Waals surface area contributed by atoms with E-state index in [0.29, 0.717) is 11.1 Å². The van der Waals surface area contributed by atoms with Crippen molar-refractivity contribution in [3.05, 3.63) is 71.8 Å². The Morgan fingerprint density at radius 1 is 0.630 bits per heavy atom. The molecular formula is C20H22Na4O18S4. The van der Waals surface area contributed by atoms with Gasteiger partial charge in [-0.3, -0.25) is 26.8 Å². The molecule has 0 N–H and O–H groups in total. The number of benzene rings is 2. The molecule has 0 bridgehead atoms. The molecule has 0 radical (unpaired) electrons. The first-order valence-corrected chi connectivity index (χ1v) is 15.1. The van der Waals surface area contributed by atoms with Crippen molar-refractivity contribution in [2.45, 2.75) is 37.6 Å². The molecule has 2 rings (SSSR count). The van der Waals surface area contributed by atoms with E-state index in [1.165, 1.54) is 0 Å². The van der Waals surface area contributed by atoms with Crippen LogP contribution in [0.15, 0.2) is 60.7 Å². The maximum Gasteiger partial charge on any atom is 1.00 e. The maximum absolute atomic E-state index is 11.8. The van der Waals surface area contributed by atoms with Gasteiger partial charge in [-0.25, -0.2) is 16.8 Å². The monoisotopic (exact) mass is 770 g/mol. The molecule has 0 aliphatic heterocycles. The standard InChI is InChI=1S/C20H26O18S4.4Na/c21-35-37-39-31-13-17(29-11-15-7-3-1-4-8-15)19(33-40-38-36-22)20(34-42(26,27)28)18(14-32-41(23,24)25)30-12-16-9-5-2-6-10-16;;;;/h1-10,17-22H,11-14H2,(H,23,24,25)(H,26,27,28);;;;/q;4*+1/p-4.